The van der Waals surface area contributed by atoms with E-state index in [0.717, 1.165) is 9.80 Å². The van der Waals surface area contributed by atoms with Gasteiger partial charge in [-0.1, -0.05) is 168 Å². The molecule has 14 nitrogen and oxygen atoms in total. The number of fused-ring (bicyclic) bond motifs is 2. The Balaban J connectivity index is 1.27. The SMILES string of the molecule is Cc1ccccc1Oc1cc2c3c(cc(Oc4ccccc4C)c4c5c(Oc6ccccc6C)cc6c7c(cc(Oc8ccccc8C)c(c1c34)c75)C(=O)N(c1c(C(=O)C(C)(C)C)cccc1C(=O)C(C)(C)C)C6=O)C(=O)N(c1c(C(=O)C(C)(C)C)cccc1C(=O)C(C)(C)C)C2=O. The molecule has 2 aliphatic rings. The molecule has 11 aromatic carbocycles. The zero-order chi connectivity index (χ0) is 70.3. The van der Waals surface area contributed by atoms with Crippen molar-refractivity contribution in [3.05, 3.63) is 224 Å². The van der Waals surface area contributed by atoms with E-state index in [1.54, 1.807) is 168 Å². The topological polar surface area (TPSA) is 180 Å². The van der Waals surface area contributed by atoms with Crippen LogP contribution in [0.2, 0.25) is 0 Å². The van der Waals surface area contributed by atoms with E-state index in [1.165, 1.54) is 24.3 Å². The summed E-state index contributed by atoms with van der Waals surface area (Å²) in [6.07, 6.45) is 0. The average Bonchev–Trinajstić information content (AvgIpc) is 0.670. The fourth-order valence-electron chi connectivity index (χ4n) is 13.3. The minimum atomic E-state index is -1.07. The highest BCUT2D eigenvalue weighted by atomic mass is 16.5. The Kier molecular flexibility index (Phi) is 15.6. The molecule has 0 bridgehead atoms. The van der Waals surface area contributed by atoms with Crippen molar-refractivity contribution in [1.82, 2.24) is 0 Å². The van der Waals surface area contributed by atoms with Gasteiger partial charge in [0.2, 0.25) is 0 Å². The summed E-state index contributed by atoms with van der Waals surface area (Å²) in [6.45, 7) is 28.2. The van der Waals surface area contributed by atoms with Crippen molar-refractivity contribution < 1.29 is 57.3 Å². The minimum Gasteiger partial charge on any atom is -0.456 e. The number of hydrogen-bond acceptors (Lipinski definition) is 12. The van der Waals surface area contributed by atoms with E-state index in [-0.39, 0.29) is 122 Å². The maximum Gasteiger partial charge on any atom is 0.266 e. The first kappa shape index (κ1) is 65.5. The molecule has 0 aliphatic carbocycles. The quantitative estimate of drug-likeness (QED) is 0.0436. The van der Waals surface area contributed by atoms with E-state index >= 15 is 19.2 Å². The van der Waals surface area contributed by atoms with E-state index < -0.39 is 68.4 Å². The Hall–Kier alpha value is -11.1. The van der Waals surface area contributed by atoms with Crippen LogP contribution in [-0.2, 0) is 0 Å². The summed E-state index contributed by atoms with van der Waals surface area (Å²) >= 11 is 0. The molecule has 0 unspecified atom stereocenters. The molecule has 0 spiro atoms. The highest BCUT2D eigenvalue weighted by Crippen LogP contribution is 2.59. The van der Waals surface area contributed by atoms with Gasteiger partial charge in [0, 0.05) is 87.0 Å². The molecule has 2 heterocycles. The monoisotopic (exact) mass is 1300 g/mol. The lowest BCUT2D eigenvalue weighted by Crippen LogP contribution is -2.43. The summed E-state index contributed by atoms with van der Waals surface area (Å²) in [4.78, 5) is 128. The highest BCUT2D eigenvalue weighted by molar-refractivity contribution is 6.49. The van der Waals surface area contributed by atoms with Crippen LogP contribution < -0.4 is 28.7 Å². The number of amides is 4. The van der Waals surface area contributed by atoms with Crippen molar-refractivity contribution in [3.8, 4) is 46.0 Å². The van der Waals surface area contributed by atoms with Gasteiger partial charge in [0.1, 0.15) is 46.0 Å². The minimum absolute atomic E-state index is 0.0234. The van der Waals surface area contributed by atoms with Gasteiger partial charge in [-0.2, -0.15) is 0 Å². The molecular weight excluding hydrogens is 1230 g/mol. The predicted molar refractivity (Wildman–Crippen MR) is 383 cm³/mol. The molecule has 0 fully saturated rings. The van der Waals surface area contributed by atoms with Crippen molar-refractivity contribution in [2.45, 2.75) is 111 Å². The van der Waals surface area contributed by atoms with Crippen molar-refractivity contribution in [2.24, 2.45) is 21.7 Å². The van der Waals surface area contributed by atoms with Crippen LogP contribution in [0.4, 0.5) is 11.4 Å². The Morgan fingerprint density at radius 3 is 0.663 bits per heavy atom. The third-order valence-electron chi connectivity index (χ3n) is 18.4. The lowest BCUT2D eigenvalue weighted by Gasteiger charge is -2.35. The lowest BCUT2D eigenvalue weighted by atomic mass is 9.79. The number of hydrogen-bond donors (Lipinski definition) is 0. The molecule has 0 aromatic heterocycles. The second-order valence-electron chi connectivity index (χ2n) is 29.8. The maximum absolute atomic E-state index is 16.6. The lowest BCUT2D eigenvalue weighted by molar-refractivity contribution is 0.0836. The zero-order valence-electron chi connectivity index (χ0n) is 57.8. The summed E-state index contributed by atoms with van der Waals surface area (Å²) in [5.74, 6) is -3.59. The van der Waals surface area contributed by atoms with Crippen LogP contribution in [0.25, 0.3) is 43.1 Å². The largest absolute Gasteiger partial charge is 0.456 e. The molecular formula is C84H74N2O12. The number of rotatable bonds is 14. The van der Waals surface area contributed by atoms with Gasteiger partial charge in [-0.25, -0.2) is 9.80 Å². The van der Waals surface area contributed by atoms with E-state index in [4.69, 9.17) is 18.9 Å². The van der Waals surface area contributed by atoms with Crippen LogP contribution in [0.5, 0.6) is 46.0 Å². The van der Waals surface area contributed by atoms with Crippen LogP contribution in [0, 0.1) is 49.4 Å². The first-order valence-electron chi connectivity index (χ1n) is 32.7. The van der Waals surface area contributed by atoms with E-state index in [9.17, 15) is 19.2 Å². The van der Waals surface area contributed by atoms with Crippen LogP contribution in [0.1, 0.15) is 188 Å². The number of imide groups is 2. The molecule has 98 heavy (non-hydrogen) atoms. The Morgan fingerprint density at radius 1 is 0.265 bits per heavy atom. The van der Waals surface area contributed by atoms with Gasteiger partial charge in [0.05, 0.1) is 33.6 Å². The Labute approximate surface area is 568 Å². The number of benzene rings is 11. The van der Waals surface area contributed by atoms with Crippen molar-refractivity contribution in [3.63, 3.8) is 0 Å². The number of aryl methyl sites for hydroxylation is 4. The van der Waals surface area contributed by atoms with E-state index in [0.29, 0.717) is 45.3 Å². The highest BCUT2D eigenvalue weighted by Gasteiger charge is 2.47. The zero-order valence-corrected chi connectivity index (χ0v) is 57.8. The molecule has 14 heteroatoms. The normalized spacial score (nSPS) is 13.5. The number of carbonyl (C=O) groups is 8. The number of Topliss-reactive ketones (excluding diaryl/α,β-unsaturated/α-hetero) is 4. The van der Waals surface area contributed by atoms with Gasteiger partial charge in [-0.05, 0) is 123 Å². The van der Waals surface area contributed by atoms with Crippen molar-refractivity contribution in [2.75, 3.05) is 9.80 Å². The number of ketones is 4. The molecule has 2 aliphatic heterocycles. The number of anilines is 2. The summed E-state index contributed by atoms with van der Waals surface area (Å²) < 4.78 is 29.2. The second-order valence-corrected chi connectivity index (χ2v) is 29.8. The molecule has 13 rings (SSSR count). The summed E-state index contributed by atoms with van der Waals surface area (Å²) in [6, 6.07) is 44.7. The van der Waals surface area contributed by atoms with Gasteiger partial charge in [-0.15, -0.1) is 0 Å². The van der Waals surface area contributed by atoms with Crippen LogP contribution in [0.3, 0.4) is 0 Å². The summed E-state index contributed by atoms with van der Waals surface area (Å²) in [5, 5.41) is 1.77. The van der Waals surface area contributed by atoms with E-state index in [2.05, 4.69) is 0 Å². The first-order valence-corrected chi connectivity index (χ1v) is 32.7. The molecule has 0 saturated carbocycles. The second kappa shape index (κ2) is 23.3. The van der Waals surface area contributed by atoms with Gasteiger partial charge < -0.3 is 18.9 Å². The number of ether oxygens (including phenoxy) is 4. The third-order valence-corrected chi connectivity index (χ3v) is 18.4. The van der Waals surface area contributed by atoms with Crippen LogP contribution >= 0.6 is 0 Å². The summed E-state index contributed by atoms with van der Waals surface area (Å²) in [5.41, 5.74) is -2.17. The maximum atomic E-state index is 16.6. The molecule has 0 atom stereocenters. The molecule has 11 aromatic rings. The van der Waals surface area contributed by atoms with Gasteiger partial charge in [0.15, 0.2) is 23.1 Å². The smallest absolute Gasteiger partial charge is 0.266 e. The number of nitrogens with zero attached hydrogens (tertiary/aromatic N) is 2. The number of para-hydroxylation sites is 6. The van der Waals surface area contributed by atoms with Gasteiger partial charge in [-0.3, -0.25) is 38.4 Å². The molecule has 0 saturated heterocycles. The molecule has 492 valence electrons. The van der Waals surface area contributed by atoms with Crippen LogP contribution in [-0.4, -0.2) is 46.8 Å². The standard InChI is InChI=1S/C84H74N2O12/c1-43-27-17-21-35-55(43)95-59-39-51-63-52(78(92)85(77(51)91)71-47(73(87)81(5,6)7)31-25-32-48(71)74(88)82(8,9)10)41-61(97-57-37-23-19-29-45(57)3)67-68-62(98-58-38-24-20-30-46(58)4)42-54-64-53(40-60(66(70(64)68)65(59)69(63)67)96-56-36-22-18-28-44(56)2)79(93)86(80(54)94)72-49(75(89)83(11,12)13)33-26-34-50(72)76(90)84(14,15)16/h17-42H,1-16H3. The number of carbonyl (C=O) groups excluding carboxylic acids is 8. The summed E-state index contributed by atoms with van der Waals surface area (Å²) in [7, 11) is 0. The Morgan fingerprint density at radius 2 is 0.469 bits per heavy atom. The first-order chi connectivity index (χ1) is 46.2. The van der Waals surface area contributed by atoms with Crippen molar-refractivity contribution in [1.29, 1.82) is 0 Å². The fraction of sp³-hybridized carbons (Fsp3) is 0.238. The van der Waals surface area contributed by atoms with Crippen LogP contribution in [0.15, 0.2) is 158 Å². The van der Waals surface area contributed by atoms with Gasteiger partial charge in [0.25, 0.3) is 23.6 Å². The van der Waals surface area contributed by atoms with E-state index in [1.807, 2.05) is 76.2 Å². The fourth-order valence-corrected chi connectivity index (χ4v) is 13.3. The third kappa shape index (κ3) is 10.6. The molecule has 0 radical (unpaired) electrons. The van der Waals surface area contributed by atoms with Crippen molar-refractivity contribution >= 4 is 101 Å². The molecule has 4 amide bonds. The predicted octanol–water partition coefficient (Wildman–Crippen LogP) is 20.7. The Bertz CT molecular complexity index is 4730. The van der Waals surface area contributed by atoms with Gasteiger partial charge >= 0.3 is 0 Å². The average molecular weight is 1300 g/mol. The molecule has 0 N–H and O–H groups in total.